The Kier molecular flexibility index (Phi) is 5.03. The molecule has 0 saturated carbocycles. The molecular weight excluding hydrogens is 235 g/mol. The average Bonchev–Trinajstić information content (AvgIpc) is 2.30. The fourth-order valence-electron chi connectivity index (χ4n) is 1.46. The number of carbonyl (C=O) groups excluding carboxylic acids is 1. The Hall–Kier alpha value is -1.69. The van der Waals surface area contributed by atoms with Gasteiger partial charge in [-0.2, -0.15) is 0 Å². The van der Waals surface area contributed by atoms with Crippen molar-refractivity contribution < 1.29 is 9.18 Å². The molecule has 5 nitrogen and oxygen atoms in total. The summed E-state index contributed by atoms with van der Waals surface area (Å²) in [6, 6.07) is 1.29. The van der Waals surface area contributed by atoms with E-state index in [1.807, 2.05) is 25.9 Å². The molecule has 6 heteroatoms. The van der Waals surface area contributed by atoms with E-state index in [-0.39, 0.29) is 17.4 Å². The fraction of sp³-hybridized carbons (Fsp3) is 0.500. The van der Waals surface area contributed by atoms with Gasteiger partial charge >= 0.3 is 0 Å². The van der Waals surface area contributed by atoms with E-state index in [0.29, 0.717) is 0 Å². The largest absolute Gasteiger partial charge is 0.381 e. The Balaban J connectivity index is 2.62. The van der Waals surface area contributed by atoms with Crippen LogP contribution in [0.25, 0.3) is 0 Å². The molecule has 0 fully saturated rings. The quantitative estimate of drug-likeness (QED) is 0.818. The Morgan fingerprint density at radius 1 is 1.61 bits per heavy atom. The van der Waals surface area contributed by atoms with Crippen LogP contribution in [0.1, 0.15) is 23.7 Å². The van der Waals surface area contributed by atoms with Gasteiger partial charge < -0.3 is 16.0 Å². The third-order valence-corrected chi connectivity index (χ3v) is 2.55. The summed E-state index contributed by atoms with van der Waals surface area (Å²) >= 11 is 0. The van der Waals surface area contributed by atoms with Crippen LogP contribution in [0.2, 0.25) is 0 Å². The van der Waals surface area contributed by atoms with Crippen molar-refractivity contribution in [3.05, 3.63) is 23.6 Å². The molecule has 1 aromatic heterocycles. The van der Waals surface area contributed by atoms with Crippen LogP contribution in [0.3, 0.4) is 0 Å². The molecule has 1 rings (SSSR count). The third-order valence-electron chi connectivity index (χ3n) is 2.55. The van der Waals surface area contributed by atoms with Crippen LogP contribution in [0.5, 0.6) is 0 Å². The summed E-state index contributed by atoms with van der Waals surface area (Å²) in [5, 5.41) is 2.73. The molecular formula is C12H19FN4O. The first-order valence-corrected chi connectivity index (χ1v) is 5.77. The Morgan fingerprint density at radius 3 is 2.89 bits per heavy atom. The predicted octanol–water partition coefficient (Wildman–Crippen LogP) is 0.873. The van der Waals surface area contributed by atoms with E-state index in [4.69, 9.17) is 5.73 Å². The van der Waals surface area contributed by atoms with Crippen LogP contribution < -0.4 is 11.1 Å². The van der Waals surface area contributed by atoms with Crippen LogP contribution in [0, 0.1) is 5.82 Å². The monoisotopic (exact) mass is 254 g/mol. The van der Waals surface area contributed by atoms with Crippen LogP contribution in [-0.4, -0.2) is 42.5 Å². The highest BCUT2D eigenvalue weighted by Gasteiger charge is 2.16. The number of hydrogen-bond acceptors (Lipinski definition) is 4. The molecule has 1 aromatic rings. The number of aromatic nitrogens is 1. The summed E-state index contributed by atoms with van der Waals surface area (Å²) < 4.78 is 13.6. The number of hydrogen-bond donors (Lipinski definition) is 2. The maximum Gasteiger partial charge on any atom is 0.254 e. The number of halogens is 1. The smallest absolute Gasteiger partial charge is 0.254 e. The van der Waals surface area contributed by atoms with Crippen molar-refractivity contribution in [2.45, 2.75) is 19.4 Å². The van der Waals surface area contributed by atoms with E-state index < -0.39 is 11.7 Å². The lowest BCUT2D eigenvalue weighted by Crippen LogP contribution is -2.35. The van der Waals surface area contributed by atoms with Crippen molar-refractivity contribution in [2.24, 2.45) is 0 Å². The standard InChI is InChI=1S/C12H19FN4O/c1-8(5-7-17(2)3)16-12(18)9-4-6-15-11(14)10(9)13/h4,6,8H,5,7H2,1-3H3,(H2,14,15)(H,16,18). The predicted molar refractivity (Wildman–Crippen MR) is 68.7 cm³/mol. The lowest BCUT2D eigenvalue weighted by atomic mass is 10.2. The molecule has 0 aromatic carbocycles. The molecule has 1 unspecified atom stereocenters. The van der Waals surface area contributed by atoms with E-state index in [1.165, 1.54) is 12.3 Å². The normalized spacial score (nSPS) is 12.5. The van der Waals surface area contributed by atoms with E-state index in [1.54, 1.807) is 0 Å². The van der Waals surface area contributed by atoms with Crippen molar-refractivity contribution >= 4 is 11.7 Å². The second kappa shape index (κ2) is 6.30. The molecule has 3 N–H and O–H groups in total. The first kappa shape index (κ1) is 14.4. The first-order chi connectivity index (χ1) is 8.41. The summed E-state index contributed by atoms with van der Waals surface area (Å²) in [7, 11) is 3.91. The molecule has 18 heavy (non-hydrogen) atoms. The summed E-state index contributed by atoms with van der Waals surface area (Å²) in [4.78, 5) is 17.4. The topological polar surface area (TPSA) is 71.2 Å². The molecule has 0 aliphatic rings. The molecule has 1 amide bonds. The van der Waals surface area contributed by atoms with Gasteiger partial charge in [-0.1, -0.05) is 0 Å². The van der Waals surface area contributed by atoms with Gasteiger partial charge in [0, 0.05) is 12.2 Å². The second-order valence-electron chi connectivity index (χ2n) is 4.52. The van der Waals surface area contributed by atoms with E-state index >= 15 is 0 Å². The average molecular weight is 254 g/mol. The Morgan fingerprint density at radius 2 is 2.28 bits per heavy atom. The van der Waals surface area contributed by atoms with Crippen LogP contribution in [0.4, 0.5) is 10.2 Å². The van der Waals surface area contributed by atoms with Gasteiger partial charge in [0.1, 0.15) is 0 Å². The molecule has 0 aliphatic carbocycles. The van der Waals surface area contributed by atoms with Gasteiger partial charge in [-0.05, 0) is 40.1 Å². The fourth-order valence-corrected chi connectivity index (χ4v) is 1.46. The van der Waals surface area contributed by atoms with Crippen molar-refractivity contribution in [2.75, 3.05) is 26.4 Å². The lowest BCUT2D eigenvalue weighted by molar-refractivity contribution is 0.0932. The number of nitrogens with one attached hydrogen (secondary N) is 1. The van der Waals surface area contributed by atoms with Crippen molar-refractivity contribution in [1.82, 2.24) is 15.2 Å². The molecule has 0 spiro atoms. The summed E-state index contributed by atoms with van der Waals surface area (Å²) in [5.41, 5.74) is 5.24. The molecule has 1 heterocycles. The number of nitrogens with zero attached hydrogens (tertiary/aromatic N) is 2. The maximum atomic E-state index is 13.6. The van der Waals surface area contributed by atoms with Gasteiger partial charge in [-0.25, -0.2) is 9.37 Å². The number of anilines is 1. The summed E-state index contributed by atoms with van der Waals surface area (Å²) in [6.45, 7) is 2.73. The minimum Gasteiger partial charge on any atom is -0.381 e. The van der Waals surface area contributed by atoms with Crippen LogP contribution >= 0.6 is 0 Å². The number of carbonyl (C=O) groups is 1. The zero-order valence-electron chi connectivity index (χ0n) is 10.9. The van der Waals surface area contributed by atoms with E-state index in [2.05, 4.69) is 10.3 Å². The highest BCUT2D eigenvalue weighted by atomic mass is 19.1. The number of nitrogens with two attached hydrogens (primary N) is 1. The zero-order valence-corrected chi connectivity index (χ0v) is 10.9. The number of rotatable bonds is 5. The number of pyridine rings is 1. The van der Waals surface area contributed by atoms with E-state index in [9.17, 15) is 9.18 Å². The van der Waals surface area contributed by atoms with Crippen molar-refractivity contribution in [3.63, 3.8) is 0 Å². The minimum absolute atomic E-state index is 0.0336. The first-order valence-electron chi connectivity index (χ1n) is 5.77. The van der Waals surface area contributed by atoms with Crippen molar-refractivity contribution in [3.8, 4) is 0 Å². The Labute approximate surface area is 106 Å². The highest BCUT2D eigenvalue weighted by molar-refractivity contribution is 5.95. The highest BCUT2D eigenvalue weighted by Crippen LogP contribution is 2.11. The van der Waals surface area contributed by atoms with Crippen molar-refractivity contribution in [1.29, 1.82) is 0 Å². The van der Waals surface area contributed by atoms with Gasteiger partial charge in [0.2, 0.25) is 0 Å². The Bertz CT molecular complexity index is 423. The SMILES string of the molecule is CC(CCN(C)C)NC(=O)c1ccnc(N)c1F. The number of amides is 1. The minimum atomic E-state index is -0.769. The molecule has 100 valence electrons. The van der Waals surface area contributed by atoms with Gasteiger partial charge in [-0.3, -0.25) is 4.79 Å². The van der Waals surface area contributed by atoms with Gasteiger partial charge in [0.05, 0.1) is 5.56 Å². The molecule has 0 bridgehead atoms. The molecule has 0 aliphatic heterocycles. The van der Waals surface area contributed by atoms with Crippen LogP contribution in [0.15, 0.2) is 12.3 Å². The zero-order chi connectivity index (χ0) is 13.7. The third kappa shape index (κ3) is 3.96. The molecule has 1 atom stereocenters. The number of nitrogen functional groups attached to an aromatic ring is 1. The van der Waals surface area contributed by atoms with Gasteiger partial charge in [0.15, 0.2) is 11.6 Å². The maximum absolute atomic E-state index is 13.6. The van der Waals surface area contributed by atoms with Gasteiger partial charge in [0.25, 0.3) is 5.91 Å². The lowest BCUT2D eigenvalue weighted by Gasteiger charge is -2.17. The van der Waals surface area contributed by atoms with E-state index in [0.717, 1.165) is 13.0 Å². The molecule has 0 radical (unpaired) electrons. The summed E-state index contributed by atoms with van der Waals surface area (Å²) in [5.74, 6) is -1.49. The summed E-state index contributed by atoms with van der Waals surface area (Å²) in [6.07, 6.45) is 2.11. The van der Waals surface area contributed by atoms with Gasteiger partial charge in [-0.15, -0.1) is 0 Å². The molecule has 0 saturated heterocycles. The second-order valence-corrected chi connectivity index (χ2v) is 4.52. The van der Waals surface area contributed by atoms with Crippen LogP contribution in [-0.2, 0) is 0 Å².